The van der Waals surface area contributed by atoms with Gasteiger partial charge in [0.2, 0.25) is 15.9 Å². The molecule has 0 bridgehead atoms. The molecule has 0 unspecified atom stereocenters. The van der Waals surface area contributed by atoms with Crippen LogP contribution in [0.3, 0.4) is 0 Å². The minimum absolute atomic E-state index is 0.127. The summed E-state index contributed by atoms with van der Waals surface area (Å²) in [6.07, 6.45) is 3.26. The smallest absolute Gasteiger partial charge is 0.243 e. The normalized spacial score (nSPS) is 16.9. The Hall–Kier alpha value is -1.40. The summed E-state index contributed by atoms with van der Waals surface area (Å²) in [7, 11) is -3.45. The standard InChI is InChI=1S/C14H20N2O3S/c1-2-14(17)15-12-7-6-8-13(11-12)20(18,19)16-9-4-3-5-10-16/h6-8,11H,2-5,9-10H2,1H3,(H,15,17). The zero-order valence-corrected chi connectivity index (χ0v) is 12.4. The van der Waals surface area contributed by atoms with Crippen molar-refractivity contribution in [2.45, 2.75) is 37.5 Å². The first kappa shape index (κ1) is 15.0. The van der Waals surface area contributed by atoms with Crippen LogP contribution in [0.4, 0.5) is 5.69 Å². The Labute approximate surface area is 120 Å². The molecular weight excluding hydrogens is 276 g/mol. The van der Waals surface area contributed by atoms with Gasteiger partial charge in [0.15, 0.2) is 0 Å². The largest absolute Gasteiger partial charge is 0.326 e. The average molecular weight is 296 g/mol. The number of rotatable bonds is 4. The summed E-state index contributed by atoms with van der Waals surface area (Å²) in [5.74, 6) is -0.127. The number of carbonyl (C=O) groups excluding carboxylic acids is 1. The second kappa shape index (κ2) is 6.37. The first-order valence-corrected chi connectivity index (χ1v) is 8.38. The van der Waals surface area contributed by atoms with Gasteiger partial charge in [-0.1, -0.05) is 19.4 Å². The van der Waals surface area contributed by atoms with Gasteiger partial charge in [0.05, 0.1) is 4.90 Å². The van der Waals surface area contributed by atoms with Crippen LogP contribution in [0.1, 0.15) is 32.6 Å². The molecule has 0 aromatic heterocycles. The molecule has 1 aromatic rings. The van der Waals surface area contributed by atoms with Crippen molar-refractivity contribution in [1.82, 2.24) is 4.31 Å². The van der Waals surface area contributed by atoms with Gasteiger partial charge in [-0.05, 0) is 31.0 Å². The van der Waals surface area contributed by atoms with Crippen molar-refractivity contribution in [2.24, 2.45) is 0 Å². The molecule has 110 valence electrons. The molecule has 0 saturated carbocycles. The van der Waals surface area contributed by atoms with E-state index in [1.54, 1.807) is 25.1 Å². The third-order valence-electron chi connectivity index (χ3n) is 3.39. The van der Waals surface area contributed by atoms with Crippen molar-refractivity contribution < 1.29 is 13.2 Å². The highest BCUT2D eigenvalue weighted by Crippen LogP contribution is 2.22. The number of nitrogens with one attached hydrogen (secondary N) is 1. The van der Waals surface area contributed by atoms with E-state index in [1.807, 2.05) is 0 Å². The molecule has 20 heavy (non-hydrogen) atoms. The van der Waals surface area contributed by atoms with Gasteiger partial charge in [-0.2, -0.15) is 4.31 Å². The summed E-state index contributed by atoms with van der Waals surface area (Å²) in [4.78, 5) is 11.6. The second-order valence-electron chi connectivity index (χ2n) is 4.89. The van der Waals surface area contributed by atoms with Crippen molar-refractivity contribution in [3.63, 3.8) is 0 Å². The molecule has 2 rings (SSSR count). The monoisotopic (exact) mass is 296 g/mol. The number of amides is 1. The van der Waals surface area contributed by atoms with Gasteiger partial charge in [0.25, 0.3) is 0 Å². The fraction of sp³-hybridized carbons (Fsp3) is 0.500. The molecule has 5 nitrogen and oxygen atoms in total. The molecule has 1 aliphatic rings. The second-order valence-corrected chi connectivity index (χ2v) is 6.83. The quantitative estimate of drug-likeness (QED) is 0.926. The topological polar surface area (TPSA) is 66.5 Å². The average Bonchev–Trinajstić information content (AvgIpc) is 2.48. The zero-order chi connectivity index (χ0) is 14.6. The Morgan fingerprint density at radius 1 is 1.25 bits per heavy atom. The SMILES string of the molecule is CCC(=O)Nc1cccc(S(=O)(=O)N2CCCCC2)c1. The highest BCUT2D eigenvalue weighted by atomic mass is 32.2. The van der Waals surface area contributed by atoms with Gasteiger partial charge in [-0.3, -0.25) is 4.79 Å². The van der Waals surface area contributed by atoms with E-state index < -0.39 is 10.0 Å². The van der Waals surface area contributed by atoms with E-state index in [2.05, 4.69) is 5.32 Å². The van der Waals surface area contributed by atoms with Crippen molar-refractivity contribution in [3.05, 3.63) is 24.3 Å². The first-order valence-electron chi connectivity index (χ1n) is 6.94. The number of carbonyl (C=O) groups is 1. The summed E-state index contributed by atoms with van der Waals surface area (Å²) in [5.41, 5.74) is 0.523. The van der Waals surface area contributed by atoms with Crippen LogP contribution in [0.25, 0.3) is 0 Å². The van der Waals surface area contributed by atoms with E-state index in [9.17, 15) is 13.2 Å². The van der Waals surface area contributed by atoms with Crippen LogP contribution in [0.5, 0.6) is 0 Å². The third kappa shape index (κ3) is 3.37. The summed E-state index contributed by atoms with van der Waals surface area (Å²) in [5, 5.41) is 2.69. The van der Waals surface area contributed by atoms with E-state index in [0.717, 1.165) is 19.3 Å². The maximum absolute atomic E-state index is 12.5. The van der Waals surface area contributed by atoms with Crippen LogP contribution < -0.4 is 5.32 Å². The highest BCUT2D eigenvalue weighted by Gasteiger charge is 2.25. The number of hydrogen-bond donors (Lipinski definition) is 1. The van der Waals surface area contributed by atoms with Crippen LogP contribution in [0.2, 0.25) is 0 Å². The third-order valence-corrected chi connectivity index (χ3v) is 5.29. The summed E-state index contributed by atoms with van der Waals surface area (Å²) in [6.45, 7) is 2.91. The van der Waals surface area contributed by atoms with Crippen molar-refractivity contribution >= 4 is 21.6 Å². The van der Waals surface area contributed by atoms with E-state index in [1.165, 1.54) is 10.4 Å². The van der Waals surface area contributed by atoms with Crippen molar-refractivity contribution in [3.8, 4) is 0 Å². The fourth-order valence-corrected chi connectivity index (χ4v) is 3.80. The maximum Gasteiger partial charge on any atom is 0.243 e. The Morgan fingerprint density at radius 2 is 1.95 bits per heavy atom. The summed E-state index contributed by atoms with van der Waals surface area (Å²) >= 11 is 0. The minimum Gasteiger partial charge on any atom is -0.326 e. The molecule has 0 radical (unpaired) electrons. The van der Waals surface area contributed by atoms with Gasteiger partial charge in [0, 0.05) is 25.2 Å². The van der Waals surface area contributed by atoms with Crippen LogP contribution in [0, 0.1) is 0 Å². The minimum atomic E-state index is -3.45. The van der Waals surface area contributed by atoms with E-state index in [4.69, 9.17) is 0 Å². The van der Waals surface area contributed by atoms with Crippen LogP contribution in [-0.4, -0.2) is 31.7 Å². The van der Waals surface area contributed by atoms with Gasteiger partial charge in [-0.25, -0.2) is 8.42 Å². The van der Waals surface area contributed by atoms with Crippen molar-refractivity contribution in [2.75, 3.05) is 18.4 Å². The molecule has 1 heterocycles. The highest BCUT2D eigenvalue weighted by molar-refractivity contribution is 7.89. The molecular formula is C14H20N2O3S. The lowest BCUT2D eigenvalue weighted by Crippen LogP contribution is -2.35. The Bertz CT molecular complexity index is 578. The van der Waals surface area contributed by atoms with E-state index in [-0.39, 0.29) is 10.8 Å². The van der Waals surface area contributed by atoms with Crippen LogP contribution >= 0.6 is 0 Å². The predicted molar refractivity (Wildman–Crippen MR) is 78.0 cm³/mol. The van der Waals surface area contributed by atoms with Gasteiger partial charge in [0.1, 0.15) is 0 Å². The molecule has 1 amide bonds. The van der Waals surface area contributed by atoms with E-state index in [0.29, 0.717) is 25.2 Å². The van der Waals surface area contributed by atoms with Gasteiger partial charge < -0.3 is 5.32 Å². The van der Waals surface area contributed by atoms with Crippen molar-refractivity contribution in [1.29, 1.82) is 0 Å². The number of piperidine rings is 1. The number of sulfonamides is 1. The molecule has 0 atom stereocenters. The Kier molecular flexibility index (Phi) is 4.77. The number of hydrogen-bond acceptors (Lipinski definition) is 3. The number of benzene rings is 1. The summed E-state index contributed by atoms with van der Waals surface area (Å²) < 4.78 is 26.5. The predicted octanol–water partition coefficient (Wildman–Crippen LogP) is 2.21. The number of anilines is 1. The van der Waals surface area contributed by atoms with Gasteiger partial charge >= 0.3 is 0 Å². The summed E-state index contributed by atoms with van der Waals surface area (Å²) in [6, 6.07) is 6.45. The zero-order valence-electron chi connectivity index (χ0n) is 11.6. The lowest BCUT2D eigenvalue weighted by atomic mass is 10.2. The van der Waals surface area contributed by atoms with Crippen LogP contribution in [0.15, 0.2) is 29.2 Å². The number of nitrogens with zero attached hydrogens (tertiary/aromatic N) is 1. The van der Waals surface area contributed by atoms with Crippen LogP contribution in [-0.2, 0) is 14.8 Å². The Morgan fingerprint density at radius 3 is 2.60 bits per heavy atom. The molecule has 1 aromatic carbocycles. The lowest BCUT2D eigenvalue weighted by Gasteiger charge is -2.26. The molecule has 1 fully saturated rings. The molecule has 0 spiro atoms. The maximum atomic E-state index is 12.5. The lowest BCUT2D eigenvalue weighted by molar-refractivity contribution is -0.115. The molecule has 1 N–H and O–H groups in total. The Balaban J connectivity index is 2.23. The first-order chi connectivity index (χ1) is 9.54. The fourth-order valence-electron chi connectivity index (χ4n) is 2.24. The van der Waals surface area contributed by atoms with Gasteiger partial charge in [-0.15, -0.1) is 0 Å². The molecule has 6 heteroatoms. The molecule has 1 saturated heterocycles. The van der Waals surface area contributed by atoms with E-state index >= 15 is 0 Å². The molecule has 1 aliphatic heterocycles. The molecule has 0 aliphatic carbocycles.